The Balaban J connectivity index is 1.79. The molecule has 0 saturated heterocycles. The van der Waals surface area contributed by atoms with E-state index in [1.165, 1.54) is 0 Å². The van der Waals surface area contributed by atoms with Gasteiger partial charge < -0.3 is 14.2 Å². The summed E-state index contributed by atoms with van der Waals surface area (Å²) in [6, 6.07) is 12.0. The van der Waals surface area contributed by atoms with Crippen molar-refractivity contribution in [2.75, 3.05) is 27.6 Å². The summed E-state index contributed by atoms with van der Waals surface area (Å²) < 4.78 is 42.1. The third kappa shape index (κ3) is 4.05. The zero-order valence-electron chi connectivity index (χ0n) is 18.0. The molecule has 32 heavy (non-hydrogen) atoms. The molecule has 0 saturated carbocycles. The number of halogens is 1. The second-order valence-corrected chi connectivity index (χ2v) is 9.50. The molecule has 1 aliphatic heterocycles. The average molecular weight is 476 g/mol. The van der Waals surface area contributed by atoms with Crippen molar-refractivity contribution in [3.8, 4) is 17.2 Å². The maximum absolute atomic E-state index is 12.6. The van der Waals surface area contributed by atoms with Crippen LogP contribution >= 0.6 is 11.6 Å². The Bertz CT molecular complexity index is 1310. The number of hydrogen-bond acceptors (Lipinski definition) is 7. The van der Waals surface area contributed by atoms with E-state index in [4.69, 9.17) is 25.8 Å². The summed E-state index contributed by atoms with van der Waals surface area (Å²) in [5, 5.41) is 5.36. The molecule has 0 spiro atoms. The van der Waals surface area contributed by atoms with Crippen LogP contribution in [-0.2, 0) is 10.0 Å². The molecular formula is C22H22ClN3O5S. The van der Waals surface area contributed by atoms with E-state index in [9.17, 15) is 8.42 Å². The molecule has 4 rings (SSSR count). The minimum atomic E-state index is -3.66. The molecule has 0 bridgehead atoms. The van der Waals surface area contributed by atoms with Crippen LogP contribution in [0.15, 0.2) is 47.6 Å². The van der Waals surface area contributed by atoms with Crippen molar-refractivity contribution >= 4 is 38.2 Å². The quantitative estimate of drug-likeness (QED) is 0.500. The molecule has 0 aliphatic carbocycles. The Morgan fingerprint density at radius 1 is 1.00 bits per heavy atom. The molecule has 0 unspecified atom stereocenters. The summed E-state index contributed by atoms with van der Waals surface area (Å²) in [6.45, 7) is 0. The van der Waals surface area contributed by atoms with Crippen LogP contribution in [0.4, 0.5) is 0 Å². The van der Waals surface area contributed by atoms with Gasteiger partial charge in [-0.1, -0.05) is 11.6 Å². The van der Waals surface area contributed by atoms with Gasteiger partial charge in [-0.05, 0) is 42.0 Å². The summed E-state index contributed by atoms with van der Waals surface area (Å²) >= 11 is 6.53. The number of hydrogen-bond donors (Lipinski definition) is 0. The first-order chi connectivity index (χ1) is 15.2. The molecular weight excluding hydrogens is 454 g/mol. The van der Waals surface area contributed by atoms with E-state index in [-0.39, 0.29) is 5.15 Å². The Morgan fingerprint density at radius 2 is 1.66 bits per heavy atom. The Hall–Kier alpha value is -3.04. The number of methoxy groups -OCH3 is 3. The molecule has 0 fully saturated rings. The molecule has 2 aromatic carbocycles. The third-order valence-corrected chi connectivity index (χ3v) is 6.61. The number of nitrogens with zero attached hydrogens (tertiary/aromatic N) is 3. The van der Waals surface area contributed by atoms with Crippen LogP contribution in [0.1, 0.15) is 23.6 Å². The van der Waals surface area contributed by atoms with E-state index < -0.39 is 16.1 Å². The second kappa shape index (κ2) is 8.48. The van der Waals surface area contributed by atoms with Gasteiger partial charge >= 0.3 is 0 Å². The monoisotopic (exact) mass is 475 g/mol. The highest BCUT2D eigenvalue weighted by Crippen LogP contribution is 2.40. The molecule has 0 radical (unpaired) electrons. The van der Waals surface area contributed by atoms with E-state index in [2.05, 4.69) is 10.1 Å². The number of ether oxygens (including phenoxy) is 3. The predicted octanol–water partition coefficient (Wildman–Crippen LogP) is 4.02. The van der Waals surface area contributed by atoms with Gasteiger partial charge in [0.2, 0.25) is 10.0 Å². The van der Waals surface area contributed by atoms with Crippen molar-refractivity contribution in [2.45, 2.75) is 12.5 Å². The standard InChI is InChI=1S/C22H22ClN3O5S/c1-29-15-7-5-13(6-8-15)18-11-19(26(25-18)32(4,27)28)16-9-14-10-20(30-2)21(31-3)12-17(14)24-22(16)23/h5-10,12,19H,11H2,1-4H3/t19-/m0/s1. The lowest BCUT2D eigenvalue weighted by molar-refractivity contribution is 0.355. The number of rotatable bonds is 6. The van der Waals surface area contributed by atoms with E-state index in [0.29, 0.717) is 40.5 Å². The summed E-state index contributed by atoms with van der Waals surface area (Å²) in [4.78, 5) is 4.48. The Kier molecular flexibility index (Phi) is 5.87. The fraction of sp³-hybridized carbons (Fsp3) is 0.273. The first-order valence-electron chi connectivity index (χ1n) is 9.68. The predicted molar refractivity (Wildman–Crippen MR) is 123 cm³/mol. The maximum Gasteiger partial charge on any atom is 0.247 e. The number of pyridine rings is 1. The number of aromatic nitrogens is 1. The van der Waals surface area contributed by atoms with Crippen molar-refractivity contribution in [3.05, 3.63) is 58.7 Å². The Labute approximate surface area is 191 Å². The van der Waals surface area contributed by atoms with Gasteiger partial charge in [-0.25, -0.2) is 13.4 Å². The van der Waals surface area contributed by atoms with Crippen LogP contribution in [0.25, 0.3) is 10.9 Å². The molecule has 0 N–H and O–H groups in total. The summed E-state index contributed by atoms with van der Waals surface area (Å²) in [7, 11) is 1.02. The van der Waals surface area contributed by atoms with Crippen molar-refractivity contribution in [2.24, 2.45) is 5.10 Å². The molecule has 8 nitrogen and oxygen atoms in total. The van der Waals surface area contributed by atoms with Crippen LogP contribution in [0, 0.1) is 0 Å². The lowest BCUT2D eigenvalue weighted by Crippen LogP contribution is -2.26. The normalized spacial score (nSPS) is 16.2. The highest BCUT2D eigenvalue weighted by molar-refractivity contribution is 7.88. The maximum atomic E-state index is 12.6. The molecule has 1 aromatic heterocycles. The third-order valence-electron chi connectivity index (χ3n) is 5.30. The van der Waals surface area contributed by atoms with Gasteiger partial charge in [0.15, 0.2) is 11.5 Å². The van der Waals surface area contributed by atoms with Crippen molar-refractivity contribution in [1.29, 1.82) is 0 Å². The van der Waals surface area contributed by atoms with Crippen molar-refractivity contribution in [3.63, 3.8) is 0 Å². The second-order valence-electron chi connectivity index (χ2n) is 7.30. The molecule has 2 heterocycles. The highest BCUT2D eigenvalue weighted by Gasteiger charge is 2.36. The molecule has 1 atom stereocenters. The summed E-state index contributed by atoms with van der Waals surface area (Å²) in [5.41, 5.74) is 2.60. The number of benzene rings is 2. The average Bonchev–Trinajstić information content (AvgIpc) is 3.23. The molecule has 10 heteroatoms. The van der Waals surface area contributed by atoms with E-state index >= 15 is 0 Å². The number of fused-ring (bicyclic) bond motifs is 1. The zero-order chi connectivity index (χ0) is 23.0. The largest absolute Gasteiger partial charge is 0.497 e. The van der Waals surface area contributed by atoms with Gasteiger partial charge in [-0.15, -0.1) is 0 Å². The fourth-order valence-electron chi connectivity index (χ4n) is 3.71. The zero-order valence-corrected chi connectivity index (χ0v) is 19.6. The van der Waals surface area contributed by atoms with Crippen molar-refractivity contribution in [1.82, 2.24) is 9.40 Å². The summed E-state index contributed by atoms with van der Waals surface area (Å²) in [5.74, 6) is 1.77. The Morgan fingerprint density at radius 3 is 2.25 bits per heavy atom. The van der Waals surface area contributed by atoms with Gasteiger partial charge in [-0.3, -0.25) is 0 Å². The number of hydrazone groups is 1. The highest BCUT2D eigenvalue weighted by atomic mass is 35.5. The van der Waals surface area contributed by atoms with E-state index in [0.717, 1.165) is 21.6 Å². The van der Waals surface area contributed by atoms with E-state index in [1.807, 2.05) is 18.2 Å². The smallest absolute Gasteiger partial charge is 0.247 e. The minimum Gasteiger partial charge on any atom is -0.497 e. The molecule has 1 aliphatic rings. The SMILES string of the molecule is COc1ccc(C2=NN(S(C)(=O)=O)[C@H](c3cc4cc(OC)c(OC)cc4nc3Cl)C2)cc1. The van der Waals surface area contributed by atoms with Crippen molar-refractivity contribution < 1.29 is 22.6 Å². The van der Waals surface area contributed by atoms with Crippen LogP contribution in [-0.4, -0.2) is 51.1 Å². The number of sulfonamides is 1. The van der Waals surface area contributed by atoms with E-state index in [1.54, 1.807) is 45.6 Å². The lowest BCUT2D eigenvalue weighted by Gasteiger charge is -2.22. The van der Waals surface area contributed by atoms with Gasteiger partial charge in [0.1, 0.15) is 10.9 Å². The first kappa shape index (κ1) is 22.2. The molecule has 0 amide bonds. The van der Waals surface area contributed by atoms with Gasteiger partial charge in [0, 0.05) is 23.4 Å². The topological polar surface area (TPSA) is 90.3 Å². The minimum absolute atomic E-state index is 0.203. The molecule has 168 valence electrons. The van der Waals surface area contributed by atoms with Crippen LogP contribution in [0.2, 0.25) is 5.15 Å². The van der Waals surface area contributed by atoms with Gasteiger partial charge in [0.05, 0.1) is 44.9 Å². The van der Waals surface area contributed by atoms with Crippen LogP contribution in [0.3, 0.4) is 0 Å². The lowest BCUT2D eigenvalue weighted by atomic mass is 9.99. The van der Waals surface area contributed by atoms with Crippen LogP contribution in [0.5, 0.6) is 17.2 Å². The summed E-state index contributed by atoms with van der Waals surface area (Å²) in [6.07, 6.45) is 1.47. The van der Waals surface area contributed by atoms with Gasteiger partial charge in [-0.2, -0.15) is 9.52 Å². The van der Waals surface area contributed by atoms with Crippen LogP contribution < -0.4 is 14.2 Å². The fourth-order valence-corrected chi connectivity index (χ4v) is 4.88. The molecule has 3 aromatic rings. The van der Waals surface area contributed by atoms with Gasteiger partial charge in [0.25, 0.3) is 0 Å². The first-order valence-corrected chi connectivity index (χ1v) is 11.9.